The van der Waals surface area contributed by atoms with Crippen LogP contribution in [0.2, 0.25) is 0 Å². The van der Waals surface area contributed by atoms with E-state index in [0.717, 1.165) is 6.42 Å². The van der Waals surface area contributed by atoms with Crippen LogP contribution in [0.4, 0.5) is 0 Å². The number of benzene rings is 3. The monoisotopic (exact) mass is 276 g/mol. The fraction of sp³-hybridized carbons (Fsp3) is 0.200. The highest BCUT2D eigenvalue weighted by molar-refractivity contribution is 5.97. The molecule has 0 aromatic heterocycles. The average molecular weight is 276 g/mol. The third kappa shape index (κ3) is 2.70. The molecule has 0 saturated carbocycles. The number of ether oxygens (including phenoxy) is 1. The minimum Gasteiger partial charge on any atom is -0.380 e. The van der Waals surface area contributed by atoms with Gasteiger partial charge in [0.05, 0.1) is 6.61 Å². The molecule has 0 aliphatic rings. The van der Waals surface area contributed by atoms with Crippen LogP contribution in [0.25, 0.3) is 21.9 Å². The molecule has 21 heavy (non-hydrogen) atoms. The third-order valence-electron chi connectivity index (χ3n) is 3.96. The van der Waals surface area contributed by atoms with E-state index in [9.17, 15) is 0 Å². The molecule has 0 amide bonds. The zero-order valence-electron chi connectivity index (χ0n) is 12.6. The van der Waals surface area contributed by atoms with Crippen LogP contribution in [0, 0.1) is 0 Å². The van der Waals surface area contributed by atoms with Crippen molar-refractivity contribution in [2.75, 3.05) is 7.11 Å². The van der Waals surface area contributed by atoms with Gasteiger partial charge in [-0.05, 0) is 39.4 Å². The summed E-state index contributed by atoms with van der Waals surface area (Å²) in [5.74, 6) is 0. The second-order valence-corrected chi connectivity index (χ2v) is 5.30. The molecule has 0 atom stereocenters. The summed E-state index contributed by atoms with van der Waals surface area (Å²) in [5, 5.41) is 2.61. The molecule has 3 aromatic carbocycles. The zero-order chi connectivity index (χ0) is 14.7. The largest absolute Gasteiger partial charge is 0.380 e. The number of hydrogen-bond acceptors (Lipinski definition) is 1. The fourth-order valence-corrected chi connectivity index (χ4v) is 2.85. The Morgan fingerprint density at radius 2 is 1.67 bits per heavy atom. The summed E-state index contributed by atoms with van der Waals surface area (Å²) in [6, 6.07) is 21.8. The first kappa shape index (κ1) is 13.8. The Morgan fingerprint density at radius 1 is 0.857 bits per heavy atom. The molecule has 0 saturated heterocycles. The van der Waals surface area contributed by atoms with Crippen LogP contribution in [-0.4, -0.2) is 7.11 Å². The van der Waals surface area contributed by atoms with E-state index in [1.165, 1.54) is 33.0 Å². The van der Waals surface area contributed by atoms with Crippen molar-refractivity contribution >= 4 is 10.8 Å². The summed E-state index contributed by atoms with van der Waals surface area (Å²) >= 11 is 0. The van der Waals surface area contributed by atoms with Gasteiger partial charge in [-0.15, -0.1) is 0 Å². The van der Waals surface area contributed by atoms with E-state index in [2.05, 4.69) is 67.6 Å². The Bertz CT molecular complexity index is 759. The molecule has 0 spiro atoms. The Kier molecular flexibility index (Phi) is 4.03. The molecule has 0 heterocycles. The van der Waals surface area contributed by atoms with Gasteiger partial charge in [0.15, 0.2) is 0 Å². The summed E-state index contributed by atoms with van der Waals surface area (Å²) in [4.78, 5) is 0. The van der Waals surface area contributed by atoms with Gasteiger partial charge in [-0.2, -0.15) is 0 Å². The molecule has 0 unspecified atom stereocenters. The van der Waals surface area contributed by atoms with Crippen molar-refractivity contribution in [1.29, 1.82) is 0 Å². The number of rotatable bonds is 4. The zero-order valence-corrected chi connectivity index (χ0v) is 12.6. The molecule has 0 radical (unpaired) electrons. The Labute approximate surface area is 126 Å². The first-order valence-electron chi connectivity index (χ1n) is 7.42. The minimum absolute atomic E-state index is 0.638. The number of hydrogen-bond donors (Lipinski definition) is 0. The van der Waals surface area contributed by atoms with Gasteiger partial charge in [0.1, 0.15) is 0 Å². The lowest BCUT2D eigenvalue weighted by atomic mass is 9.94. The lowest BCUT2D eigenvalue weighted by Gasteiger charge is -2.12. The summed E-state index contributed by atoms with van der Waals surface area (Å²) in [6.45, 7) is 2.83. The molecule has 0 aliphatic heterocycles. The van der Waals surface area contributed by atoms with Crippen LogP contribution in [-0.2, 0) is 17.8 Å². The van der Waals surface area contributed by atoms with Crippen molar-refractivity contribution in [2.24, 2.45) is 0 Å². The van der Waals surface area contributed by atoms with Gasteiger partial charge in [-0.1, -0.05) is 67.6 Å². The van der Waals surface area contributed by atoms with E-state index in [1.807, 2.05) is 0 Å². The van der Waals surface area contributed by atoms with E-state index >= 15 is 0 Å². The summed E-state index contributed by atoms with van der Waals surface area (Å²) in [7, 11) is 1.74. The quantitative estimate of drug-likeness (QED) is 0.635. The predicted molar refractivity (Wildman–Crippen MR) is 89.5 cm³/mol. The van der Waals surface area contributed by atoms with Crippen molar-refractivity contribution in [3.8, 4) is 11.1 Å². The first-order chi connectivity index (χ1) is 10.3. The van der Waals surface area contributed by atoms with Gasteiger partial charge < -0.3 is 4.74 Å². The molecular weight excluding hydrogens is 256 g/mol. The van der Waals surface area contributed by atoms with Gasteiger partial charge in [-0.25, -0.2) is 0 Å². The highest BCUT2D eigenvalue weighted by Gasteiger charge is 2.08. The van der Waals surface area contributed by atoms with E-state index in [1.54, 1.807) is 7.11 Å². The predicted octanol–water partition coefficient (Wildman–Crippen LogP) is 5.22. The van der Waals surface area contributed by atoms with Gasteiger partial charge in [-0.3, -0.25) is 0 Å². The smallest absolute Gasteiger partial charge is 0.0719 e. The van der Waals surface area contributed by atoms with Gasteiger partial charge in [0.25, 0.3) is 0 Å². The summed E-state index contributed by atoms with van der Waals surface area (Å²) in [5.41, 5.74) is 5.15. The Hall–Kier alpha value is -2.12. The lowest BCUT2D eigenvalue weighted by Crippen LogP contribution is -1.92. The molecule has 3 rings (SSSR count). The minimum atomic E-state index is 0.638. The fourth-order valence-electron chi connectivity index (χ4n) is 2.85. The first-order valence-corrected chi connectivity index (χ1v) is 7.42. The van der Waals surface area contributed by atoms with Crippen LogP contribution < -0.4 is 0 Å². The van der Waals surface area contributed by atoms with Crippen LogP contribution in [0.1, 0.15) is 18.1 Å². The van der Waals surface area contributed by atoms with E-state index in [4.69, 9.17) is 4.74 Å². The van der Waals surface area contributed by atoms with E-state index in [-0.39, 0.29) is 0 Å². The van der Waals surface area contributed by atoms with Crippen molar-refractivity contribution in [2.45, 2.75) is 20.0 Å². The lowest BCUT2D eigenvalue weighted by molar-refractivity contribution is 0.185. The van der Waals surface area contributed by atoms with E-state index in [0.29, 0.717) is 6.61 Å². The van der Waals surface area contributed by atoms with Crippen molar-refractivity contribution in [1.82, 2.24) is 0 Å². The van der Waals surface area contributed by atoms with Gasteiger partial charge in [0.2, 0.25) is 0 Å². The second-order valence-electron chi connectivity index (χ2n) is 5.30. The molecule has 0 aliphatic carbocycles. The van der Waals surface area contributed by atoms with Crippen molar-refractivity contribution in [3.05, 3.63) is 71.8 Å². The van der Waals surface area contributed by atoms with Crippen molar-refractivity contribution in [3.63, 3.8) is 0 Å². The summed E-state index contributed by atoms with van der Waals surface area (Å²) < 4.78 is 5.34. The van der Waals surface area contributed by atoms with Gasteiger partial charge >= 0.3 is 0 Å². The van der Waals surface area contributed by atoms with Crippen LogP contribution in [0.3, 0.4) is 0 Å². The van der Waals surface area contributed by atoms with Crippen LogP contribution in [0.5, 0.6) is 0 Å². The number of fused-ring (bicyclic) bond motifs is 1. The number of aryl methyl sites for hydroxylation is 1. The molecule has 1 heteroatoms. The number of methoxy groups -OCH3 is 1. The van der Waals surface area contributed by atoms with Crippen LogP contribution >= 0.6 is 0 Å². The van der Waals surface area contributed by atoms with E-state index < -0.39 is 0 Å². The second kappa shape index (κ2) is 6.11. The molecular formula is C20H20O. The van der Waals surface area contributed by atoms with Crippen LogP contribution in [0.15, 0.2) is 60.7 Å². The maximum atomic E-state index is 5.34. The molecule has 1 nitrogen and oxygen atoms in total. The highest BCUT2D eigenvalue weighted by atomic mass is 16.5. The standard InChI is InChI=1S/C20H20O/c1-3-15-11-12-19-16(13-15)8-6-10-20(19)18-9-5-4-7-17(18)14-21-2/h4-13H,3,14H2,1-2H3. The molecule has 106 valence electrons. The Balaban J connectivity index is 2.21. The maximum Gasteiger partial charge on any atom is 0.0719 e. The van der Waals surface area contributed by atoms with Crippen molar-refractivity contribution < 1.29 is 4.74 Å². The molecule has 0 fully saturated rings. The SMILES string of the molecule is CCc1ccc2c(-c3ccccc3COC)cccc2c1. The third-order valence-corrected chi connectivity index (χ3v) is 3.96. The Morgan fingerprint density at radius 3 is 2.48 bits per heavy atom. The topological polar surface area (TPSA) is 9.23 Å². The molecule has 3 aromatic rings. The highest BCUT2D eigenvalue weighted by Crippen LogP contribution is 2.31. The van der Waals surface area contributed by atoms with Gasteiger partial charge in [0, 0.05) is 7.11 Å². The average Bonchev–Trinajstić information content (AvgIpc) is 2.54. The molecule has 0 N–H and O–H groups in total. The maximum absolute atomic E-state index is 5.34. The normalized spacial score (nSPS) is 11.0. The molecule has 0 bridgehead atoms. The summed E-state index contributed by atoms with van der Waals surface area (Å²) in [6.07, 6.45) is 1.07.